The Morgan fingerprint density at radius 2 is 2.09 bits per heavy atom. The lowest BCUT2D eigenvalue weighted by molar-refractivity contribution is 0.0912. The van der Waals surface area contributed by atoms with Crippen LogP contribution in [0.15, 0.2) is 10.6 Å². The van der Waals surface area contributed by atoms with Crippen LogP contribution in [0.25, 0.3) is 0 Å². The summed E-state index contributed by atoms with van der Waals surface area (Å²) in [5.41, 5.74) is 1.05. The summed E-state index contributed by atoms with van der Waals surface area (Å²) in [5, 5.41) is 5.32. The van der Waals surface area contributed by atoms with Gasteiger partial charge in [-0.05, 0) is 25.3 Å². The van der Waals surface area contributed by atoms with Crippen molar-refractivity contribution in [1.82, 2.24) is 10.1 Å². The molecule has 1 amide bonds. The maximum absolute atomic E-state index is 11.9. The Balaban J connectivity index is 1.84. The summed E-state index contributed by atoms with van der Waals surface area (Å²) < 4.78 is 10.8. The molecule has 2 heterocycles. The number of rotatable bonds is 5. The zero-order valence-electron chi connectivity index (χ0n) is 14.2. The predicted octanol–water partition coefficient (Wildman–Crippen LogP) is 3.34. The molecule has 0 bridgehead atoms. The fourth-order valence-corrected chi connectivity index (χ4v) is 3.49. The Labute approximate surface area is 134 Å². The minimum absolute atomic E-state index is 0.171. The smallest absolute Gasteiger partial charge is 0.409 e. The highest BCUT2D eigenvalue weighted by Crippen LogP contribution is 2.27. The highest BCUT2D eigenvalue weighted by atomic mass is 28.3. The van der Waals surface area contributed by atoms with Gasteiger partial charge in [0.2, 0.25) is 0 Å². The third kappa shape index (κ3) is 4.35. The first-order chi connectivity index (χ1) is 10.4. The Hall–Kier alpha value is -1.30. The van der Waals surface area contributed by atoms with Crippen molar-refractivity contribution < 1.29 is 14.1 Å². The molecule has 1 aliphatic heterocycles. The molecule has 0 aromatic carbocycles. The van der Waals surface area contributed by atoms with Crippen molar-refractivity contribution in [2.24, 2.45) is 0 Å². The van der Waals surface area contributed by atoms with Crippen LogP contribution in [-0.2, 0) is 4.74 Å². The van der Waals surface area contributed by atoms with Crippen molar-refractivity contribution >= 4 is 19.6 Å². The number of nitrogens with zero attached hydrogens (tertiary/aromatic N) is 2. The number of likely N-dealkylation sites (tertiary alicyclic amines) is 1. The molecule has 124 valence electrons. The first-order valence-electron chi connectivity index (χ1n) is 8.30. The molecule has 2 rings (SSSR count). The predicted molar refractivity (Wildman–Crippen MR) is 89.3 cm³/mol. The summed E-state index contributed by atoms with van der Waals surface area (Å²) in [5.74, 6) is 0.397. The second-order valence-electron chi connectivity index (χ2n) is 7.10. The average Bonchev–Trinajstić information content (AvgIpc) is 2.97. The summed E-state index contributed by atoms with van der Waals surface area (Å²) in [4.78, 5) is 13.7. The summed E-state index contributed by atoms with van der Waals surface area (Å²) in [6.07, 6.45) is 3.66. The fourth-order valence-electron chi connectivity index (χ4n) is 2.59. The second-order valence-corrected chi connectivity index (χ2v) is 12.1. The normalized spacial score (nSPS) is 16.8. The molecule has 0 spiro atoms. The first kappa shape index (κ1) is 17.1. The van der Waals surface area contributed by atoms with Gasteiger partial charge in [0.25, 0.3) is 0 Å². The van der Waals surface area contributed by atoms with Crippen molar-refractivity contribution in [1.29, 1.82) is 0 Å². The highest BCUT2D eigenvalue weighted by Gasteiger charge is 2.29. The minimum atomic E-state index is -1.44. The van der Waals surface area contributed by atoms with Crippen molar-refractivity contribution in [3.05, 3.63) is 11.8 Å². The fraction of sp³-hybridized carbons (Fsp3) is 0.750. The standard InChI is InChI=1S/C16H28N2O3Si/c1-5-6-11-20-16(19)18-9-7-13(8-10-18)14-12-15(21-17-14)22(2,3)4/h12-13H,5-11H2,1-4H3. The maximum Gasteiger partial charge on any atom is 0.409 e. The minimum Gasteiger partial charge on any atom is -0.449 e. The molecule has 0 aliphatic carbocycles. The molecular weight excluding hydrogens is 296 g/mol. The number of amides is 1. The Bertz CT molecular complexity index is 488. The van der Waals surface area contributed by atoms with Crippen LogP contribution in [0.2, 0.25) is 19.6 Å². The van der Waals surface area contributed by atoms with E-state index in [9.17, 15) is 4.79 Å². The molecule has 0 unspecified atom stereocenters. The van der Waals surface area contributed by atoms with Crippen molar-refractivity contribution in [2.75, 3.05) is 19.7 Å². The molecule has 1 aromatic heterocycles. The van der Waals surface area contributed by atoms with E-state index in [-0.39, 0.29) is 6.09 Å². The summed E-state index contributed by atoms with van der Waals surface area (Å²) >= 11 is 0. The van der Waals surface area contributed by atoms with E-state index in [2.05, 4.69) is 37.8 Å². The lowest BCUT2D eigenvalue weighted by Gasteiger charge is -2.30. The van der Waals surface area contributed by atoms with Gasteiger partial charge in [-0.15, -0.1) is 0 Å². The SMILES string of the molecule is CCCCOC(=O)N1CCC(c2cc([Si](C)(C)C)on2)CC1. The summed E-state index contributed by atoms with van der Waals surface area (Å²) in [7, 11) is -1.44. The van der Waals surface area contributed by atoms with Crippen LogP contribution < -0.4 is 5.38 Å². The van der Waals surface area contributed by atoms with Crippen LogP contribution in [0.3, 0.4) is 0 Å². The van der Waals surface area contributed by atoms with Gasteiger partial charge in [-0.2, -0.15) is 0 Å². The molecule has 0 N–H and O–H groups in total. The molecule has 5 nitrogen and oxygen atoms in total. The number of aromatic nitrogens is 1. The Morgan fingerprint density at radius 3 is 2.64 bits per heavy atom. The molecule has 0 atom stereocenters. The van der Waals surface area contributed by atoms with Gasteiger partial charge in [-0.1, -0.05) is 38.1 Å². The van der Waals surface area contributed by atoms with Crippen LogP contribution in [0.5, 0.6) is 0 Å². The van der Waals surface area contributed by atoms with E-state index in [1.54, 1.807) is 0 Å². The molecule has 0 saturated carbocycles. The lowest BCUT2D eigenvalue weighted by atomic mass is 9.94. The monoisotopic (exact) mass is 324 g/mol. The van der Waals surface area contributed by atoms with Gasteiger partial charge in [-0.25, -0.2) is 4.79 Å². The highest BCUT2D eigenvalue weighted by molar-refractivity contribution is 6.87. The molecule has 1 aliphatic rings. The quantitative estimate of drug-likeness (QED) is 0.616. The van der Waals surface area contributed by atoms with Crippen LogP contribution in [0.4, 0.5) is 4.79 Å². The first-order valence-corrected chi connectivity index (χ1v) is 11.8. The maximum atomic E-state index is 11.9. The van der Waals surface area contributed by atoms with Gasteiger partial charge in [0.1, 0.15) is 13.5 Å². The van der Waals surface area contributed by atoms with E-state index in [1.807, 2.05) is 4.90 Å². The number of unbranched alkanes of at least 4 members (excludes halogenated alkanes) is 1. The largest absolute Gasteiger partial charge is 0.449 e. The summed E-state index contributed by atoms with van der Waals surface area (Å²) in [6, 6.07) is 2.13. The molecule has 1 saturated heterocycles. The van der Waals surface area contributed by atoms with Crippen LogP contribution in [0.1, 0.15) is 44.2 Å². The summed E-state index contributed by atoms with van der Waals surface area (Å²) in [6.45, 7) is 10.9. The second kappa shape index (κ2) is 7.31. The Morgan fingerprint density at radius 1 is 1.41 bits per heavy atom. The van der Waals surface area contributed by atoms with Crippen molar-refractivity contribution in [3.63, 3.8) is 0 Å². The molecule has 1 aromatic rings. The van der Waals surface area contributed by atoms with Crippen molar-refractivity contribution in [2.45, 2.75) is 58.2 Å². The van der Waals surface area contributed by atoms with Gasteiger partial charge in [0, 0.05) is 19.0 Å². The molecular formula is C16H28N2O3Si. The molecule has 0 radical (unpaired) electrons. The Kier molecular flexibility index (Phi) is 5.67. The van der Waals surface area contributed by atoms with Gasteiger partial charge in [0.05, 0.1) is 12.3 Å². The topological polar surface area (TPSA) is 55.6 Å². The van der Waals surface area contributed by atoms with E-state index >= 15 is 0 Å². The lowest BCUT2D eigenvalue weighted by Crippen LogP contribution is -2.38. The van der Waals surface area contributed by atoms with Crippen molar-refractivity contribution in [3.8, 4) is 0 Å². The van der Waals surface area contributed by atoms with E-state index in [1.165, 1.54) is 0 Å². The molecule has 22 heavy (non-hydrogen) atoms. The number of piperidine rings is 1. The van der Waals surface area contributed by atoms with Crippen LogP contribution in [-0.4, -0.2) is 43.9 Å². The average molecular weight is 324 g/mol. The van der Waals surface area contributed by atoms with Crippen LogP contribution >= 0.6 is 0 Å². The van der Waals surface area contributed by atoms with E-state index in [0.717, 1.165) is 49.9 Å². The number of hydrogen-bond donors (Lipinski definition) is 0. The third-order valence-electron chi connectivity index (χ3n) is 4.16. The van der Waals surface area contributed by atoms with E-state index in [4.69, 9.17) is 9.26 Å². The number of carbonyl (C=O) groups excluding carboxylic acids is 1. The zero-order valence-corrected chi connectivity index (χ0v) is 15.2. The zero-order chi connectivity index (χ0) is 16.2. The van der Waals surface area contributed by atoms with Gasteiger partial charge in [-0.3, -0.25) is 0 Å². The third-order valence-corrected chi connectivity index (χ3v) is 5.88. The number of hydrogen-bond acceptors (Lipinski definition) is 4. The van der Waals surface area contributed by atoms with Crippen LogP contribution in [0, 0.1) is 0 Å². The molecule has 6 heteroatoms. The van der Waals surface area contributed by atoms with Gasteiger partial charge in [0.15, 0.2) is 0 Å². The number of ether oxygens (including phenoxy) is 1. The number of carbonyl (C=O) groups is 1. The van der Waals surface area contributed by atoms with E-state index in [0.29, 0.717) is 12.5 Å². The van der Waals surface area contributed by atoms with Gasteiger partial charge >= 0.3 is 6.09 Å². The van der Waals surface area contributed by atoms with E-state index < -0.39 is 8.07 Å². The molecule has 1 fully saturated rings. The van der Waals surface area contributed by atoms with Gasteiger partial charge < -0.3 is 14.2 Å².